The van der Waals surface area contributed by atoms with E-state index in [1.165, 1.54) is 30.9 Å². The summed E-state index contributed by atoms with van der Waals surface area (Å²) < 4.78 is 38.4. The van der Waals surface area contributed by atoms with Crippen molar-refractivity contribution in [3.8, 4) is 0 Å². The van der Waals surface area contributed by atoms with Crippen molar-refractivity contribution >= 4 is 11.5 Å². The van der Waals surface area contributed by atoms with Crippen LogP contribution in [0.2, 0.25) is 0 Å². The van der Waals surface area contributed by atoms with Gasteiger partial charge in [0.05, 0.1) is 11.1 Å². The van der Waals surface area contributed by atoms with E-state index >= 15 is 0 Å². The first-order valence-corrected chi connectivity index (χ1v) is 9.06. The predicted molar refractivity (Wildman–Crippen MR) is 105 cm³/mol. The molecule has 1 amide bonds. The summed E-state index contributed by atoms with van der Waals surface area (Å²) in [6, 6.07) is 5.03. The van der Waals surface area contributed by atoms with Gasteiger partial charge in [0.2, 0.25) is 0 Å². The summed E-state index contributed by atoms with van der Waals surface area (Å²) in [5, 5.41) is 0. The highest BCUT2D eigenvalue weighted by molar-refractivity contribution is 5.94. The number of hydrogen-bond donors (Lipinski definition) is 0. The third-order valence-electron chi connectivity index (χ3n) is 4.78. The molecule has 7 heteroatoms. The first kappa shape index (κ1) is 20.5. The Labute approximate surface area is 167 Å². The molecule has 1 aromatic carbocycles. The van der Waals surface area contributed by atoms with E-state index in [1.807, 2.05) is 19.1 Å². The monoisotopic (exact) mass is 399 g/mol. The number of aromatic nitrogens is 2. The number of allylic oxidation sites excluding steroid dienone is 3. The Balaban J connectivity index is 1.83. The number of hydrogen-bond acceptors (Lipinski definition) is 3. The van der Waals surface area contributed by atoms with Crippen LogP contribution in [0.4, 0.5) is 13.2 Å². The molecule has 0 N–H and O–H groups in total. The number of alkyl halides is 3. The van der Waals surface area contributed by atoms with E-state index < -0.39 is 11.7 Å². The van der Waals surface area contributed by atoms with Crippen molar-refractivity contribution in [2.45, 2.75) is 19.5 Å². The number of piperidine rings is 1. The maximum Gasteiger partial charge on any atom is 0.416 e. The lowest BCUT2D eigenvalue weighted by Crippen LogP contribution is -2.37. The van der Waals surface area contributed by atoms with Gasteiger partial charge in [-0.25, -0.2) is 9.97 Å². The molecule has 4 nitrogen and oxygen atoms in total. The summed E-state index contributed by atoms with van der Waals surface area (Å²) >= 11 is 0. The van der Waals surface area contributed by atoms with Gasteiger partial charge in [0.15, 0.2) is 0 Å². The van der Waals surface area contributed by atoms with E-state index in [-0.39, 0.29) is 5.91 Å². The van der Waals surface area contributed by atoms with Crippen molar-refractivity contribution < 1.29 is 18.0 Å². The Hall–Kier alpha value is -3.22. The summed E-state index contributed by atoms with van der Waals surface area (Å²) in [6.45, 7) is 6.80. The number of halogens is 3. The highest BCUT2D eigenvalue weighted by Gasteiger charge is 2.30. The van der Waals surface area contributed by atoms with Gasteiger partial charge in [-0.05, 0) is 53.8 Å². The molecule has 0 radical (unpaired) electrons. The molecule has 29 heavy (non-hydrogen) atoms. The van der Waals surface area contributed by atoms with E-state index in [4.69, 9.17) is 0 Å². The molecule has 3 rings (SSSR count). The molecule has 1 fully saturated rings. The van der Waals surface area contributed by atoms with Crippen LogP contribution in [0.3, 0.4) is 0 Å². The van der Waals surface area contributed by atoms with Crippen LogP contribution in [-0.2, 0) is 6.18 Å². The average molecular weight is 399 g/mol. The number of likely N-dealkylation sites (tertiary alicyclic amines) is 1. The van der Waals surface area contributed by atoms with Crippen LogP contribution in [0.5, 0.6) is 0 Å². The van der Waals surface area contributed by atoms with Crippen molar-refractivity contribution in [3.63, 3.8) is 0 Å². The smallest absolute Gasteiger partial charge is 0.334 e. The molecule has 0 unspecified atom stereocenters. The Morgan fingerprint density at radius 2 is 1.79 bits per heavy atom. The molecular formula is C22H20F3N3O. The molecule has 2 heterocycles. The highest BCUT2D eigenvalue weighted by atomic mass is 19.4. The van der Waals surface area contributed by atoms with Crippen LogP contribution in [0, 0.1) is 0 Å². The number of carbonyl (C=O) groups is 1. The zero-order valence-electron chi connectivity index (χ0n) is 15.9. The molecule has 1 aromatic heterocycles. The lowest BCUT2D eigenvalue weighted by molar-refractivity contribution is -0.137. The molecule has 0 aliphatic carbocycles. The van der Waals surface area contributed by atoms with E-state index in [1.54, 1.807) is 4.90 Å². The normalized spacial score (nSPS) is 17.0. The molecule has 1 aliphatic rings. The van der Waals surface area contributed by atoms with Crippen LogP contribution in [-0.4, -0.2) is 33.9 Å². The minimum absolute atomic E-state index is 0.166. The number of nitrogens with zero attached hydrogens (tertiary/aromatic N) is 3. The van der Waals surface area contributed by atoms with Gasteiger partial charge in [-0.2, -0.15) is 13.2 Å². The fourth-order valence-electron chi connectivity index (χ4n) is 3.11. The Kier molecular flexibility index (Phi) is 5.96. The van der Waals surface area contributed by atoms with Crippen molar-refractivity contribution in [1.29, 1.82) is 0 Å². The third-order valence-corrected chi connectivity index (χ3v) is 4.78. The number of amides is 1. The molecule has 2 aromatic rings. The maximum atomic E-state index is 12.8. The Morgan fingerprint density at radius 1 is 1.14 bits per heavy atom. The van der Waals surface area contributed by atoms with Crippen LogP contribution >= 0.6 is 0 Å². The summed E-state index contributed by atoms with van der Waals surface area (Å²) in [5.74, 6) is -0.166. The molecule has 1 saturated heterocycles. The molecule has 1 aliphatic heterocycles. The maximum absolute atomic E-state index is 12.8. The van der Waals surface area contributed by atoms with Gasteiger partial charge >= 0.3 is 6.18 Å². The summed E-state index contributed by atoms with van der Waals surface area (Å²) in [6.07, 6.45) is 4.27. The average Bonchev–Trinajstić information content (AvgIpc) is 2.73. The SMILES string of the molecule is C=C1CCN(C(=O)c2cncnc2)C/C1=C/C(=C\C)c1ccc(C(F)(F)F)cc1. The van der Waals surface area contributed by atoms with Crippen molar-refractivity contribution in [1.82, 2.24) is 14.9 Å². The van der Waals surface area contributed by atoms with Gasteiger partial charge in [0.25, 0.3) is 5.91 Å². The molecule has 0 saturated carbocycles. The molecular weight excluding hydrogens is 379 g/mol. The van der Waals surface area contributed by atoms with Crippen LogP contribution in [0.1, 0.15) is 34.8 Å². The second-order valence-corrected chi connectivity index (χ2v) is 6.70. The summed E-state index contributed by atoms with van der Waals surface area (Å²) in [7, 11) is 0. The Bertz CT molecular complexity index is 961. The van der Waals surface area contributed by atoms with E-state index in [2.05, 4.69) is 16.5 Å². The van der Waals surface area contributed by atoms with E-state index in [0.29, 0.717) is 30.6 Å². The minimum atomic E-state index is -4.37. The van der Waals surface area contributed by atoms with Crippen LogP contribution in [0.25, 0.3) is 5.57 Å². The zero-order chi connectivity index (χ0) is 21.0. The first-order chi connectivity index (χ1) is 13.8. The first-order valence-electron chi connectivity index (χ1n) is 9.06. The number of benzene rings is 1. The van der Waals surface area contributed by atoms with E-state index in [0.717, 1.165) is 28.9 Å². The lowest BCUT2D eigenvalue weighted by Gasteiger charge is -2.30. The van der Waals surface area contributed by atoms with Gasteiger partial charge in [0.1, 0.15) is 6.33 Å². The predicted octanol–water partition coefficient (Wildman–Crippen LogP) is 4.93. The Morgan fingerprint density at radius 3 is 2.38 bits per heavy atom. The molecule has 150 valence electrons. The zero-order valence-corrected chi connectivity index (χ0v) is 15.9. The standard InChI is InChI=1S/C22H20F3N3O/c1-3-16(17-4-6-20(7-5-17)22(23,24)25)10-18-13-28(9-8-15(18)2)21(29)19-11-26-14-27-12-19/h3-7,10-12,14H,2,8-9,13H2,1H3/b16-3+,18-10-. The summed E-state index contributed by atoms with van der Waals surface area (Å²) in [5.41, 5.74) is 2.94. The van der Waals surface area contributed by atoms with Gasteiger partial charge in [-0.1, -0.05) is 24.8 Å². The van der Waals surface area contributed by atoms with E-state index in [9.17, 15) is 18.0 Å². The third kappa shape index (κ3) is 4.80. The van der Waals surface area contributed by atoms with Crippen molar-refractivity contribution in [2.75, 3.05) is 13.1 Å². The number of rotatable bonds is 3. The quantitative estimate of drug-likeness (QED) is 0.735. The second kappa shape index (κ2) is 8.43. The molecule has 0 bridgehead atoms. The van der Waals surface area contributed by atoms with Crippen LogP contribution < -0.4 is 0 Å². The fraction of sp³-hybridized carbons (Fsp3) is 0.227. The van der Waals surface area contributed by atoms with Crippen molar-refractivity contribution in [3.05, 3.63) is 89.6 Å². The topological polar surface area (TPSA) is 46.1 Å². The van der Waals surface area contributed by atoms with Gasteiger partial charge in [-0.15, -0.1) is 0 Å². The second-order valence-electron chi connectivity index (χ2n) is 6.70. The highest BCUT2D eigenvalue weighted by Crippen LogP contribution is 2.31. The molecule has 0 atom stereocenters. The fourth-order valence-corrected chi connectivity index (χ4v) is 3.11. The number of carbonyl (C=O) groups excluding carboxylic acids is 1. The van der Waals surface area contributed by atoms with Crippen molar-refractivity contribution in [2.24, 2.45) is 0 Å². The van der Waals surface area contributed by atoms with Gasteiger partial charge in [-0.3, -0.25) is 4.79 Å². The molecule has 0 spiro atoms. The van der Waals surface area contributed by atoms with Gasteiger partial charge < -0.3 is 4.90 Å². The largest absolute Gasteiger partial charge is 0.416 e. The summed E-state index contributed by atoms with van der Waals surface area (Å²) in [4.78, 5) is 22.1. The minimum Gasteiger partial charge on any atom is -0.334 e. The van der Waals surface area contributed by atoms with Gasteiger partial charge in [0, 0.05) is 25.5 Å². The lowest BCUT2D eigenvalue weighted by atomic mass is 9.94. The van der Waals surface area contributed by atoms with Crippen LogP contribution in [0.15, 0.2) is 72.9 Å².